The first kappa shape index (κ1) is 23.1. The lowest BCUT2D eigenvalue weighted by Gasteiger charge is -2.08. The lowest BCUT2D eigenvalue weighted by Crippen LogP contribution is -2.22. The third-order valence-corrected chi connectivity index (χ3v) is 6.31. The van der Waals surface area contributed by atoms with Gasteiger partial charge in [-0.25, -0.2) is 9.59 Å². The van der Waals surface area contributed by atoms with Crippen molar-refractivity contribution in [3.8, 4) is 10.4 Å². The van der Waals surface area contributed by atoms with Crippen LogP contribution in [0.4, 0.5) is 5.00 Å². The predicted octanol–water partition coefficient (Wildman–Crippen LogP) is 4.05. The molecule has 0 aliphatic carbocycles. The zero-order chi connectivity index (χ0) is 24.2. The molecule has 0 saturated heterocycles. The highest BCUT2D eigenvalue weighted by Gasteiger charge is 2.24. The van der Waals surface area contributed by atoms with Gasteiger partial charge >= 0.3 is 11.9 Å². The van der Waals surface area contributed by atoms with E-state index >= 15 is 0 Å². The highest BCUT2D eigenvalue weighted by Crippen LogP contribution is 2.40. The van der Waals surface area contributed by atoms with Crippen molar-refractivity contribution in [3.05, 3.63) is 71.2 Å². The Hall–Kier alpha value is -4.05. The van der Waals surface area contributed by atoms with Gasteiger partial charge in [0.05, 0.1) is 17.7 Å². The van der Waals surface area contributed by atoms with Gasteiger partial charge in [0.1, 0.15) is 10.8 Å². The first-order chi connectivity index (χ1) is 16.4. The summed E-state index contributed by atoms with van der Waals surface area (Å²) in [7, 11) is 0. The molecule has 0 spiro atoms. The number of anilines is 1. The number of carbonyl (C=O) groups excluding carboxylic acids is 3. The van der Waals surface area contributed by atoms with Gasteiger partial charge in [-0.05, 0) is 44.0 Å². The van der Waals surface area contributed by atoms with Crippen molar-refractivity contribution < 1.29 is 23.9 Å². The molecule has 0 aliphatic heterocycles. The summed E-state index contributed by atoms with van der Waals surface area (Å²) in [6, 6.07) is 12.7. The van der Waals surface area contributed by atoms with Crippen LogP contribution in [-0.4, -0.2) is 45.7 Å². The van der Waals surface area contributed by atoms with E-state index in [-0.39, 0.29) is 12.2 Å². The van der Waals surface area contributed by atoms with E-state index in [0.717, 1.165) is 10.4 Å². The Kier molecular flexibility index (Phi) is 6.69. The number of esters is 2. The van der Waals surface area contributed by atoms with Crippen LogP contribution in [0.2, 0.25) is 0 Å². The van der Waals surface area contributed by atoms with Crippen molar-refractivity contribution in [1.29, 1.82) is 0 Å². The SMILES string of the molecule is CCOC(=O)c1c(NC(=O)COC(=O)c2ccc3nnc(C)n3c2)sc(-c2ccccc2)c1C. The summed E-state index contributed by atoms with van der Waals surface area (Å²) in [6.07, 6.45) is 1.55. The molecule has 1 N–H and O–H groups in total. The molecule has 3 aromatic heterocycles. The maximum atomic E-state index is 12.6. The molecular formula is C24H22N4O5S. The van der Waals surface area contributed by atoms with E-state index in [1.54, 1.807) is 36.6 Å². The number of benzene rings is 1. The monoisotopic (exact) mass is 478 g/mol. The molecule has 1 aromatic carbocycles. The molecule has 174 valence electrons. The van der Waals surface area contributed by atoms with E-state index < -0.39 is 24.5 Å². The zero-order valence-corrected chi connectivity index (χ0v) is 19.6. The Bertz CT molecular complexity index is 1380. The minimum atomic E-state index is -0.664. The van der Waals surface area contributed by atoms with Crippen LogP contribution in [0, 0.1) is 13.8 Å². The quantitative estimate of drug-likeness (QED) is 0.399. The average Bonchev–Trinajstić information content (AvgIpc) is 3.37. The second kappa shape index (κ2) is 9.84. The number of hydrogen-bond donors (Lipinski definition) is 1. The lowest BCUT2D eigenvalue weighted by molar-refractivity contribution is -0.119. The van der Waals surface area contributed by atoms with Crippen molar-refractivity contribution >= 4 is 39.8 Å². The predicted molar refractivity (Wildman–Crippen MR) is 127 cm³/mol. The molecule has 0 atom stereocenters. The number of carbonyl (C=O) groups is 3. The Morgan fingerprint density at radius 1 is 1.00 bits per heavy atom. The van der Waals surface area contributed by atoms with Gasteiger partial charge in [-0.2, -0.15) is 0 Å². The number of nitrogens with zero attached hydrogens (tertiary/aromatic N) is 3. The standard InChI is InChI=1S/C24H22N4O5S/c1-4-32-24(31)20-14(2)21(16-8-6-5-7-9-16)34-22(20)25-19(29)13-33-23(30)17-10-11-18-27-26-15(3)28(18)12-17/h5-12H,4,13H2,1-3H3,(H,25,29). The fourth-order valence-corrected chi connectivity index (χ4v) is 4.64. The van der Waals surface area contributed by atoms with Gasteiger partial charge in [0.25, 0.3) is 5.91 Å². The molecule has 0 fully saturated rings. The number of fused-ring (bicyclic) bond motifs is 1. The topological polar surface area (TPSA) is 112 Å². The molecule has 0 aliphatic rings. The third kappa shape index (κ3) is 4.67. The summed E-state index contributed by atoms with van der Waals surface area (Å²) >= 11 is 1.27. The van der Waals surface area contributed by atoms with Crippen LogP contribution in [0.15, 0.2) is 48.7 Å². The van der Waals surface area contributed by atoms with E-state index in [1.165, 1.54) is 11.3 Å². The molecule has 0 unspecified atom stereocenters. The highest BCUT2D eigenvalue weighted by molar-refractivity contribution is 7.20. The minimum absolute atomic E-state index is 0.204. The van der Waals surface area contributed by atoms with Crippen molar-refractivity contribution in [1.82, 2.24) is 14.6 Å². The molecule has 4 rings (SSSR count). The van der Waals surface area contributed by atoms with Gasteiger partial charge in [-0.1, -0.05) is 30.3 Å². The van der Waals surface area contributed by atoms with Crippen molar-refractivity contribution in [2.75, 3.05) is 18.5 Å². The first-order valence-electron chi connectivity index (χ1n) is 10.5. The summed E-state index contributed by atoms with van der Waals surface area (Å²) in [4.78, 5) is 38.5. The normalized spacial score (nSPS) is 10.8. The van der Waals surface area contributed by atoms with Crippen LogP contribution < -0.4 is 5.32 Å². The number of rotatable bonds is 7. The highest BCUT2D eigenvalue weighted by atomic mass is 32.1. The number of pyridine rings is 1. The van der Waals surface area contributed by atoms with E-state index in [1.807, 2.05) is 37.3 Å². The van der Waals surface area contributed by atoms with Crippen LogP contribution in [0.5, 0.6) is 0 Å². The maximum absolute atomic E-state index is 12.6. The molecule has 34 heavy (non-hydrogen) atoms. The van der Waals surface area contributed by atoms with Crippen LogP contribution in [0.3, 0.4) is 0 Å². The second-order valence-electron chi connectivity index (χ2n) is 7.36. The van der Waals surface area contributed by atoms with Crippen molar-refractivity contribution in [2.24, 2.45) is 0 Å². The summed E-state index contributed by atoms with van der Waals surface area (Å²) < 4.78 is 12.0. The summed E-state index contributed by atoms with van der Waals surface area (Å²) in [6.45, 7) is 4.97. The Balaban J connectivity index is 1.50. The van der Waals surface area contributed by atoms with Gasteiger partial charge in [-0.3, -0.25) is 9.20 Å². The largest absolute Gasteiger partial charge is 0.462 e. The molecule has 0 radical (unpaired) electrons. The summed E-state index contributed by atoms with van der Waals surface area (Å²) in [5, 5.41) is 11.0. The number of amides is 1. The number of ether oxygens (including phenoxy) is 2. The molecule has 3 heterocycles. The first-order valence-corrected chi connectivity index (χ1v) is 11.3. The Labute approximate surface area is 199 Å². The maximum Gasteiger partial charge on any atom is 0.341 e. The van der Waals surface area contributed by atoms with Gasteiger partial charge in [-0.15, -0.1) is 21.5 Å². The summed E-state index contributed by atoms with van der Waals surface area (Å²) in [5.74, 6) is -1.14. The fraction of sp³-hybridized carbons (Fsp3) is 0.208. The van der Waals surface area contributed by atoms with Gasteiger partial charge < -0.3 is 14.8 Å². The number of aromatic nitrogens is 3. The lowest BCUT2D eigenvalue weighted by atomic mass is 10.1. The number of thiophene rings is 1. The van der Waals surface area contributed by atoms with Crippen LogP contribution in [0.1, 0.15) is 39.0 Å². The minimum Gasteiger partial charge on any atom is -0.462 e. The van der Waals surface area contributed by atoms with Gasteiger partial charge in [0.2, 0.25) is 0 Å². The van der Waals surface area contributed by atoms with Crippen molar-refractivity contribution in [2.45, 2.75) is 20.8 Å². The van der Waals surface area contributed by atoms with Crippen molar-refractivity contribution in [3.63, 3.8) is 0 Å². The molecule has 0 bridgehead atoms. The van der Waals surface area contributed by atoms with Crippen LogP contribution in [-0.2, 0) is 14.3 Å². The fourth-order valence-electron chi connectivity index (χ4n) is 3.42. The van der Waals surface area contributed by atoms with Crippen LogP contribution in [0.25, 0.3) is 16.1 Å². The number of nitrogens with one attached hydrogen (secondary N) is 1. The molecule has 1 amide bonds. The zero-order valence-electron chi connectivity index (χ0n) is 18.8. The molecule has 4 aromatic rings. The Morgan fingerprint density at radius 3 is 2.50 bits per heavy atom. The molecule has 9 nitrogen and oxygen atoms in total. The van der Waals surface area contributed by atoms with Crippen LogP contribution >= 0.6 is 11.3 Å². The van der Waals surface area contributed by atoms with E-state index in [0.29, 0.717) is 27.6 Å². The van der Waals surface area contributed by atoms with E-state index in [9.17, 15) is 14.4 Å². The second-order valence-corrected chi connectivity index (χ2v) is 8.38. The number of hydrogen-bond acceptors (Lipinski definition) is 8. The molecule has 0 saturated carbocycles. The average molecular weight is 479 g/mol. The smallest absolute Gasteiger partial charge is 0.341 e. The third-order valence-electron chi connectivity index (χ3n) is 5.06. The van der Waals surface area contributed by atoms with E-state index in [2.05, 4.69) is 15.5 Å². The van der Waals surface area contributed by atoms with Gasteiger partial charge in [0.15, 0.2) is 12.3 Å². The Morgan fingerprint density at radius 2 is 1.76 bits per heavy atom. The van der Waals surface area contributed by atoms with Gasteiger partial charge in [0, 0.05) is 11.1 Å². The van der Waals surface area contributed by atoms with E-state index in [4.69, 9.17) is 9.47 Å². The number of aryl methyl sites for hydroxylation is 1. The molecule has 10 heteroatoms. The summed E-state index contributed by atoms with van der Waals surface area (Å²) in [5.41, 5.74) is 2.77. The molecular weight excluding hydrogens is 456 g/mol.